The Morgan fingerprint density at radius 3 is 2.96 bits per heavy atom. The standard InChI is InChI=1S/C18H18N4O2/c1-2-24-16-6-4-3-5-13(16)21-18(23)14-11-15(12-7-8-12)22-17(20-14)9-10-19-22/h3-6,9-12H,2,7-8H2,1H3,(H,21,23). The molecular weight excluding hydrogens is 304 g/mol. The summed E-state index contributed by atoms with van der Waals surface area (Å²) in [6.45, 7) is 2.45. The van der Waals surface area contributed by atoms with Crippen molar-refractivity contribution in [3.05, 3.63) is 54.0 Å². The minimum atomic E-state index is -0.243. The molecule has 0 radical (unpaired) electrons. The van der Waals surface area contributed by atoms with Gasteiger partial charge in [0.15, 0.2) is 5.65 Å². The van der Waals surface area contributed by atoms with Crippen molar-refractivity contribution in [2.45, 2.75) is 25.7 Å². The van der Waals surface area contributed by atoms with E-state index in [0.717, 1.165) is 18.5 Å². The van der Waals surface area contributed by atoms with Crippen molar-refractivity contribution in [1.29, 1.82) is 0 Å². The highest BCUT2D eigenvalue weighted by Crippen LogP contribution is 2.40. The number of nitrogens with zero attached hydrogens (tertiary/aromatic N) is 3. The quantitative estimate of drug-likeness (QED) is 0.783. The predicted octanol–water partition coefficient (Wildman–Crippen LogP) is 3.26. The molecule has 0 unspecified atom stereocenters. The first-order chi connectivity index (χ1) is 11.8. The number of fused-ring (bicyclic) bond motifs is 1. The van der Waals surface area contributed by atoms with Crippen LogP contribution in [0, 0.1) is 0 Å². The third-order valence-electron chi connectivity index (χ3n) is 4.05. The third-order valence-corrected chi connectivity index (χ3v) is 4.05. The van der Waals surface area contributed by atoms with Crippen LogP contribution in [0.3, 0.4) is 0 Å². The van der Waals surface area contributed by atoms with E-state index in [1.165, 1.54) is 0 Å². The van der Waals surface area contributed by atoms with E-state index in [1.807, 2.05) is 47.8 Å². The van der Waals surface area contributed by atoms with Gasteiger partial charge in [-0.05, 0) is 38.0 Å². The molecule has 0 saturated heterocycles. The summed E-state index contributed by atoms with van der Waals surface area (Å²) in [5.74, 6) is 0.881. The van der Waals surface area contributed by atoms with Gasteiger partial charge >= 0.3 is 0 Å². The fourth-order valence-electron chi connectivity index (χ4n) is 2.76. The summed E-state index contributed by atoms with van der Waals surface area (Å²) in [5, 5.41) is 7.20. The van der Waals surface area contributed by atoms with Crippen molar-refractivity contribution in [3.8, 4) is 5.75 Å². The molecular formula is C18H18N4O2. The molecule has 0 atom stereocenters. The maximum Gasteiger partial charge on any atom is 0.274 e. The third kappa shape index (κ3) is 2.71. The topological polar surface area (TPSA) is 68.5 Å². The molecule has 6 heteroatoms. The summed E-state index contributed by atoms with van der Waals surface area (Å²) < 4.78 is 7.38. The van der Waals surface area contributed by atoms with Crippen LogP contribution in [0.5, 0.6) is 5.75 Å². The fourth-order valence-corrected chi connectivity index (χ4v) is 2.76. The van der Waals surface area contributed by atoms with E-state index in [-0.39, 0.29) is 5.91 Å². The Kier molecular flexibility index (Phi) is 3.65. The summed E-state index contributed by atoms with van der Waals surface area (Å²) >= 11 is 0. The monoisotopic (exact) mass is 322 g/mol. The van der Waals surface area contributed by atoms with E-state index < -0.39 is 0 Å². The van der Waals surface area contributed by atoms with E-state index in [2.05, 4.69) is 15.4 Å². The largest absolute Gasteiger partial charge is 0.492 e. The molecule has 1 aliphatic carbocycles. The first-order valence-electron chi connectivity index (χ1n) is 8.14. The highest BCUT2D eigenvalue weighted by Gasteiger charge is 2.28. The number of hydrogen-bond acceptors (Lipinski definition) is 4. The van der Waals surface area contributed by atoms with Gasteiger partial charge in [-0.3, -0.25) is 4.79 Å². The van der Waals surface area contributed by atoms with Crippen LogP contribution in [0.15, 0.2) is 42.6 Å². The predicted molar refractivity (Wildman–Crippen MR) is 90.5 cm³/mol. The van der Waals surface area contributed by atoms with Crippen LogP contribution in [0.1, 0.15) is 41.9 Å². The highest BCUT2D eigenvalue weighted by molar-refractivity contribution is 6.04. The van der Waals surface area contributed by atoms with E-state index >= 15 is 0 Å². The van der Waals surface area contributed by atoms with Gasteiger partial charge in [0.05, 0.1) is 18.5 Å². The normalized spacial score (nSPS) is 13.9. The van der Waals surface area contributed by atoms with Crippen molar-refractivity contribution in [3.63, 3.8) is 0 Å². The Hall–Kier alpha value is -2.89. The van der Waals surface area contributed by atoms with Crippen LogP contribution in [0.25, 0.3) is 5.65 Å². The van der Waals surface area contributed by atoms with Gasteiger partial charge in [-0.25, -0.2) is 9.50 Å². The summed E-state index contributed by atoms with van der Waals surface area (Å²) in [7, 11) is 0. The minimum absolute atomic E-state index is 0.243. The van der Waals surface area contributed by atoms with Crippen LogP contribution in [0.4, 0.5) is 5.69 Å². The second-order valence-corrected chi connectivity index (χ2v) is 5.83. The first kappa shape index (κ1) is 14.7. The Morgan fingerprint density at radius 2 is 2.17 bits per heavy atom. The maximum absolute atomic E-state index is 12.7. The molecule has 4 rings (SSSR count). The van der Waals surface area contributed by atoms with E-state index in [0.29, 0.717) is 35.3 Å². The second-order valence-electron chi connectivity index (χ2n) is 5.83. The fraction of sp³-hybridized carbons (Fsp3) is 0.278. The number of nitrogens with one attached hydrogen (secondary N) is 1. The lowest BCUT2D eigenvalue weighted by molar-refractivity contribution is 0.102. The van der Waals surface area contributed by atoms with Crippen LogP contribution in [0.2, 0.25) is 0 Å². The highest BCUT2D eigenvalue weighted by atomic mass is 16.5. The zero-order valence-corrected chi connectivity index (χ0v) is 13.4. The smallest absolute Gasteiger partial charge is 0.274 e. The summed E-state index contributed by atoms with van der Waals surface area (Å²) in [5.41, 5.74) is 2.79. The van der Waals surface area contributed by atoms with Gasteiger partial charge in [0, 0.05) is 17.7 Å². The Bertz CT molecular complexity index is 899. The molecule has 122 valence electrons. The summed E-state index contributed by atoms with van der Waals surface area (Å²) in [6.07, 6.45) is 3.97. The van der Waals surface area contributed by atoms with Crippen LogP contribution in [-0.2, 0) is 0 Å². The molecule has 6 nitrogen and oxygen atoms in total. The van der Waals surface area contributed by atoms with Crippen molar-refractivity contribution in [2.24, 2.45) is 0 Å². The second kappa shape index (κ2) is 5.96. The van der Waals surface area contributed by atoms with Gasteiger partial charge < -0.3 is 10.1 Å². The van der Waals surface area contributed by atoms with Crippen molar-refractivity contribution in [2.75, 3.05) is 11.9 Å². The lowest BCUT2D eigenvalue weighted by Crippen LogP contribution is -2.16. The molecule has 2 aromatic heterocycles. The lowest BCUT2D eigenvalue weighted by atomic mass is 10.2. The molecule has 3 aromatic rings. The Morgan fingerprint density at radius 1 is 1.33 bits per heavy atom. The number of aromatic nitrogens is 3. The van der Waals surface area contributed by atoms with Crippen molar-refractivity contribution >= 4 is 17.2 Å². The van der Waals surface area contributed by atoms with Crippen molar-refractivity contribution in [1.82, 2.24) is 14.6 Å². The zero-order valence-electron chi connectivity index (χ0n) is 13.4. The lowest BCUT2D eigenvalue weighted by Gasteiger charge is -2.12. The van der Waals surface area contributed by atoms with Gasteiger partial charge in [0.2, 0.25) is 0 Å². The molecule has 1 aromatic carbocycles. The molecule has 1 aliphatic rings. The van der Waals surface area contributed by atoms with Gasteiger partial charge in [-0.1, -0.05) is 12.1 Å². The van der Waals surface area contributed by atoms with Gasteiger partial charge in [0.25, 0.3) is 5.91 Å². The molecule has 1 fully saturated rings. The number of rotatable bonds is 5. The SMILES string of the molecule is CCOc1ccccc1NC(=O)c1cc(C2CC2)n2nccc2n1. The number of ether oxygens (including phenoxy) is 1. The molecule has 0 bridgehead atoms. The number of benzene rings is 1. The van der Waals surface area contributed by atoms with E-state index in [1.54, 1.807) is 6.20 Å². The molecule has 1 amide bonds. The van der Waals surface area contributed by atoms with Crippen LogP contribution in [-0.4, -0.2) is 27.1 Å². The van der Waals surface area contributed by atoms with Crippen LogP contribution >= 0.6 is 0 Å². The van der Waals surface area contributed by atoms with E-state index in [9.17, 15) is 4.79 Å². The number of hydrogen-bond donors (Lipinski definition) is 1. The van der Waals surface area contributed by atoms with E-state index in [4.69, 9.17) is 4.74 Å². The Labute approximate surface area is 139 Å². The summed E-state index contributed by atoms with van der Waals surface area (Å²) in [4.78, 5) is 17.1. The molecule has 24 heavy (non-hydrogen) atoms. The molecule has 1 saturated carbocycles. The molecule has 1 N–H and O–H groups in total. The van der Waals surface area contributed by atoms with Crippen LogP contribution < -0.4 is 10.1 Å². The summed E-state index contributed by atoms with van der Waals surface area (Å²) in [6, 6.07) is 11.1. The van der Waals surface area contributed by atoms with Crippen molar-refractivity contribution < 1.29 is 9.53 Å². The van der Waals surface area contributed by atoms with Gasteiger partial charge in [0.1, 0.15) is 11.4 Å². The molecule has 2 heterocycles. The average molecular weight is 322 g/mol. The molecule has 0 aliphatic heterocycles. The number of para-hydroxylation sites is 2. The molecule has 0 spiro atoms. The minimum Gasteiger partial charge on any atom is -0.492 e. The Balaban J connectivity index is 1.66. The number of carbonyl (C=O) groups excluding carboxylic acids is 1. The average Bonchev–Trinajstić information content (AvgIpc) is 3.33. The number of amides is 1. The number of anilines is 1. The maximum atomic E-state index is 12.7. The first-order valence-corrected chi connectivity index (χ1v) is 8.14. The number of carbonyl (C=O) groups is 1. The van der Waals surface area contributed by atoms with Gasteiger partial charge in [-0.2, -0.15) is 5.10 Å². The zero-order chi connectivity index (χ0) is 16.5. The van der Waals surface area contributed by atoms with Gasteiger partial charge in [-0.15, -0.1) is 0 Å².